The fourth-order valence-corrected chi connectivity index (χ4v) is 8.79. The number of rotatable bonds is 8. The molecular weight excluding hydrogens is 658 g/mol. The van der Waals surface area contributed by atoms with Gasteiger partial charge in [-0.15, -0.1) is 0 Å². The second kappa shape index (κ2) is 13.6. The van der Waals surface area contributed by atoms with Crippen LogP contribution in [0.5, 0.6) is 0 Å². The van der Waals surface area contributed by atoms with E-state index in [4.69, 9.17) is 18.9 Å². The number of carbonyl (C=O) groups is 5. The highest BCUT2D eigenvalue weighted by Crippen LogP contribution is 2.61. The summed E-state index contributed by atoms with van der Waals surface area (Å²) in [4.78, 5) is 66.8. The molecule has 12 heteroatoms. The van der Waals surface area contributed by atoms with Crippen molar-refractivity contribution < 1.29 is 53.1 Å². The van der Waals surface area contributed by atoms with Crippen LogP contribution in [0.15, 0.2) is 71.8 Å². The normalized spacial score (nSPS) is 34.7. The van der Waals surface area contributed by atoms with Crippen molar-refractivity contribution in [1.82, 2.24) is 5.32 Å². The molecule has 3 N–H and O–H groups in total. The predicted octanol–water partition coefficient (Wildman–Crippen LogP) is 3.54. The van der Waals surface area contributed by atoms with Gasteiger partial charge in [0.2, 0.25) is 0 Å². The van der Waals surface area contributed by atoms with Crippen LogP contribution in [-0.2, 0) is 38.1 Å². The monoisotopic (exact) mass is 703 g/mol. The third-order valence-corrected chi connectivity index (χ3v) is 11.7. The number of fused-ring (bicyclic) bond motifs is 5. The van der Waals surface area contributed by atoms with Crippen LogP contribution in [0.2, 0.25) is 0 Å². The number of carbonyl (C=O) groups excluding carboxylic acids is 5. The summed E-state index contributed by atoms with van der Waals surface area (Å²) in [5, 5.41) is 27.1. The van der Waals surface area contributed by atoms with Crippen molar-refractivity contribution in [2.45, 2.75) is 102 Å². The van der Waals surface area contributed by atoms with Gasteiger partial charge in [-0.2, -0.15) is 0 Å². The van der Waals surface area contributed by atoms with E-state index in [9.17, 15) is 34.2 Å². The van der Waals surface area contributed by atoms with E-state index in [-0.39, 0.29) is 38.2 Å². The molecule has 0 spiro atoms. The zero-order valence-corrected chi connectivity index (χ0v) is 29.4. The number of hydrogen-bond donors (Lipinski definition) is 3. The third kappa shape index (κ3) is 6.38. The average molecular weight is 704 g/mol. The summed E-state index contributed by atoms with van der Waals surface area (Å²) in [6.07, 6.45) is -5.01. The van der Waals surface area contributed by atoms with Crippen LogP contribution in [0.25, 0.3) is 0 Å². The van der Waals surface area contributed by atoms with Gasteiger partial charge in [0, 0.05) is 44.1 Å². The number of nitrogens with one attached hydrogen (secondary N) is 1. The maximum absolute atomic E-state index is 14.8. The zero-order chi connectivity index (χ0) is 36.9. The lowest BCUT2D eigenvalue weighted by atomic mass is 9.48. The number of aliphatic hydroxyl groups excluding tert-OH is 1. The van der Waals surface area contributed by atoms with Gasteiger partial charge in [-0.1, -0.05) is 55.5 Å². The zero-order valence-electron chi connectivity index (χ0n) is 29.4. The molecule has 1 aliphatic heterocycles. The van der Waals surface area contributed by atoms with Crippen molar-refractivity contribution in [2.24, 2.45) is 17.3 Å². The van der Waals surface area contributed by atoms with Crippen LogP contribution < -0.4 is 5.32 Å². The van der Waals surface area contributed by atoms with Gasteiger partial charge in [0.15, 0.2) is 17.5 Å². The highest BCUT2D eigenvalue weighted by molar-refractivity contribution is 5.95. The standard InChI is InChI=1S/C39H45NO11/c1-21-28(50-32(44)16-27(25-12-8-6-9-13-25)40-36(46)26-14-10-7-11-15-26)18-38(47)19-29-37(5,35(45)34(49-23(3)41)33(21)22(38)2)30(43)17-31-39(29,20-48-31)51-24(4)42/h6-15,22,27-31,34,43,47H,16-20H2,1-5H3,(H,40,46)/t22-,27-,28-,29?,30+,31-,34-,37+,38-,39-/m1/s1. The molecule has 2 bridgehead atoms. The summed E-state index contributed by atoms with van der Waals surface area (Å²) < 4.78 is 23.5. The van der Waals surface area contributed by atoms with Crippen molar-refractivity contribution in [1.29, 1.82) is 0 Å². The molecule has 51 heavy (non-hydrogen) atoms. The molecule has 4 aliphatic rings. The van der Waals surface area contributed by atoms with E-state index in [1.54, 1.807) is 75.4 Å². The molecule has 1 amide bonds. The first-order valence-corrected chi connectivity index (χ1v) is 17.3. The van der Waals surface area contributed by atoms with Crippen LogP contribution >= 0.6 is 0 Å². The van der Waals surface area contributed by atoms with E-state index in [1.807, 2.05) is 6.07 Å². The van der Waals surface area contributed by atoms with Gasteiger partial charge in [0.05, 0.1) is 36.2 Å². The number of ether oxygens (including phenoxy) is 4. The molecule has 0 radical (unpaired) electrons. The quantitative estimate of drug-likeness (QED) is 0.208. The lowest BCUT2D eigenvalue weighted by Crippen LogP contribution is -2.77. The summed E-state index contributed by atoms with van der Waals surface area (Å²) in [7, 11) is 0. The van der Waals surface area contributed by atoms with Crippen LogP contribution in [0.4, 0.5) is 0 Å². The summed E-state index contributed by atoms with van der Waals surface area (Å²) >= 11 is 0. The van der Waals surface area contributed by atoms with Gasteiger partial charge in [0.25, 0.3) is 5.91 Å². The van der Waals surface area contributed by atoms with E-state index in [1.165, 1.54) is 13.8 Å². The second-order valence-corrected chi connectivity index (χ2v) is 14.6. The van der Waals surface area contributed by atoms with Crippen LogP contribution in [-0.4, -0.2) is 82.0 Å². The molecule has 2 aromatic rings. The van der Waals surface area contributed by atoms with Crippen molar-refractivity contribution >= 4 is 29.6 Å². The van der Waals surface area contributed by atoms with Crippen LogP contribution in [0.1, 0.15) is 82.3 Å². The first-order chi connectivity index (χ1) is 24.1. The minimum absolute atomic E-state index is 0.00550. The molecule has 0 aromatic heterocycles. The minimum Gasteiger partial charge on any atom is -0.458 e. The Morgan fingerprint density at radius 3 is 2.22 bits per heavy atom. The molecule has 2 saturated carbocycles. The van der Waals surface area contributed by atoms with Gasteiger partial charge in [-0.05, 0) is 49.1 Å². The second-order valence-electron chi connectivity index (χ2n) is 14.6. The number of amides is 1. The van der Waals surface area contributed by atoms with Crippen molar-refractivity contribution in [2.75, 3.05) is 6.61 Å². The maximum atomic E-state index is 14.8. The number of aliphatic hydroxyl groups is 2. The topological polar surface area (TPSA) is 175 Å². The van der Waals surface area contributed by atoms with E-state index < -0.39 is 82.6 Å². The molecular formula is C39H45NO11. The van der Waals surface area contributed by atoms with E-state index in [0.717, 1.165) is 0 Å². The highest BCUT2D eigenvalue weighted by Gasteiger charge is 2.73. The van der Waals surface area contributed by atoms with E-state index in [2.05, 4.69) is 5.32 Å². The summed E-state index contributed by atoms with van der Waals surface area (Å²) in [6.45, 7) is 7.34. The lowest BCUT2D eigenvalue weighted by molar-refractivity contribution is -0.326. The molecule has 1 heterocycles. The van der Waals surface area contributed by atoms with Gasteiger partial charge < -0.3 is 34.5 Å². The van der Waals surface area contributed by atoms with E-state index >= 15 is 0 Å². The van der Waals surface area contributed by atoms with Crippen LogP contribution in [0, 0.1) is 17.3 Å². The summed E-state index contributed by atoms with van der Waals surface area (Å²) in [6, 6.07) is 16.9. The summed E-state index contributed by atoms with van der Waals surface area (Å²) in [5.74, 6) is -4.72. The summed E-state index contributed by atoms with van der Waals surface area (Å²) in [5.41, 5.74) is -2.78. The minimum atomic E-state index is -1.67. The molecule has 3 fully saturated rings. The predicted molar refractivity (Wildman–Crippen MR) is 181 cm³/mol. The lowest BCUT2D eigenvalue weighted by Gasteiger charge is -2.64. The Morgan fingerprint density at radius 1 is 0.980 bits per heavy atom. The SMILES string of the molecule is CC(=O)O[C@H]1C(=O)[C@@]2(C)C(C[C@]3(O)C[C@@H](OC(=O)C[C@@H](NC(=O)c4ccccc4)c4ccccc4)C(C)=C1[C@H]3C)[C@]1(OC(C)=O)CO[C@@H]1C[C@@H]2O. The number of esters is 3. The third-order valence-electron chi connectivity index (χ3n) is 11.7. The van der Waals surface area contributed by atoms with Gasteiger partial charge in [0.1, 0.15) is 12.2 Å². The fourth-order valence-electron chi connectivity index (χ4n) is 8.79. The van der Waals surface area contributed by atoms with Crippen molar-refractivity contribution in [3.8, 4) is 0 Å². The molecule has 6 rings (SSSR count). The fraction of sp³-hybridized carbons (Fsp3) is 0.513. The first-order valence-electron chi connectivity index (χ1n) is 17.3. The molecule has 10 atom stereocenters. The number of benzene rings is 2. The van der Waals surface area contributed by atoms with Gasteiger partial charge in [-0.25, -0.2) is 0 Å². The number of ketones is 1. The average Bonchev–Trinajstić information content (AvgIpc) is 3.08. The Kier molecular flexibility index (Phi) is 9.73. The molecule has 1 saturated heterocycles. The van der Waals surface area contributed by atoms with Crippen LogP contribution in [0.3, 0.4) is 0 Å². The molecule has 1 unspecified atom stereocenters. The molecule has 3 aliphatic carbocycles. The van der Waals surface area contributed by atoms with E-state index in [0.29, 0.717) is 22.3 Å². The Bertz CT molecular complexity index is 1740. The first kappa shape index (κ1) is 36.4. The number of Topliss-reactive ketones (excluding diaryl/α,β-unsaturated/α-hetero) is 1. The molecule has 272 valence electrons. The highest BCUT2D eigenvalue weighted by atomic mass is 16.6. The Morgan fingerprint density at radius 2 is 1.63 bits per heavy atom. The smallest absolute Gasteiger partial charge is 0.308 e. The van der Waals surface area contributed by atoms with Crippen molar-refractivity contribution in [3.05, 3.63) is 82.9 Å². The van der Waals surface area contributed by atoms with Gasteiger partial charge >= 0.3 is 17.9 Å². The Balaban J connectivity index is 1.36. The van der Waals surface area contributed by atoms with Crippen molar-refractivity contribution in [3.63, 3.8) is 0 Å². The molecule has 12 nitrogen and oxygen atoms in total. The van der Waals surface area contributed by atoms with Gasteiger partial charge in [-0.3, -0.25) is 24.0 Å². The molecule has 2 aromatic carbocycles. The Labute approximate surface area is 296 Å². The maximum Gasteiger partial charge on any atom is 0.308 e. The number of hydrogen-bond acceptors (Lipinski definition) is 11. The largest absolute Gasteiger partial charge is 0.458 e. The Hall–Kier alpha value is -4.39.